The Morgan fingerprint density at radius 1 is 1.38 bits per heavy atom. The minimum Gasteiger partial charge on any atom is -0.340 e. The fourth-order valence-electron chi connectivity index (χ4n) is 2.54. The molecular formula is C11H15ClN2O2. The number of piperazine rings is 1. The monoisotopic (exact) mass is 242 g/mol. The van der Waals surface area contributed by atoms with Crippen molar-refractivity contribution in [2.45, 2.75) is 31.2 Å². The van der Waals surface area contributed by atoms with Crippen LogP contribution in [0.25, 0.3) is 0 Å². The van der Waals surface area contributed by atoms with E-state index in [1.807, 2.05) is 0 Å². The first-order chi connectivity index (χ1) is 7.68. The second-order valence-electron chi connectivity index (χ2n) is 4.38. The van der Waals surface area contributed by atoms with Crippen LogP contribution in [0.3, 0.4) is 0 Å². The van der Waals surface area contributed by atoms with Crippen molar-refractivity contribution < 1.29 is 9.59 Å². The Morgan fingerprint density at radius 2 is 2.06 bits per heavy atom. The van der Waals surface area contributed by atoms with Gasteiger partial charge in [-0.2, -0.15) is 0 Å². The number of amides is 2. The second kappa shape index (κ2) is 4.45. The van der Waals surface area contributed by atoms with Crippen LogP contribution in [0, 0.1) is 0 Å². The minimum atomic E-state index is -0.616. The fraction of sp³-hybridized carbons (Fsp3) is 0.636. The Bertz CT molecular complexity index is 335. The maximum atomic E-state index is 12.2. The van der Waals surface area contributed by atoms with E-state index in [-0.39, 0.29) is 18.4 Å². The Labute approximate surface area is 99.6 Å². The van der Waals surface area contributed by atoms with Gasteiger partial charge >= 0.3 is 0 Å². The summed E-state index contributed by atoms with van der Waals surface area (Å²) in [6.45, 7) is 0.555. The zero-order chi connectivity index (χ0) is 11.6. The number of rotatable bonds is 2. The van der Waals surface area contributed by atoms with Gasteiger partial charge in [0.15, 0.2) is 0 Å². The van der Waals surface area contributed by atoms with Crippen molar-refractivity contribution in [3.8, 4) is 0 Å². The predicted octanol–water partition coefficient (Wildman–Crippen LogP) is 1.01. The van der Waals surface area contributed by atoms with E-state index < -0.39 is 5.54 Å². The van der Waals surface area contributed by atoms with Crippen molar-refractivity contribution in [1.82, 2.24) is 10.2 Å². The lowest BCUT2D eigenvalue weighted by Gasteiger charge is -2.39. The third kappa shape index (κ3) is 1.94. The first-order valence-electron chi connectivity index (χ1n) is 5.53. The Morgan fingerprint density at radius 3 is 2.69 bits per heavy atom. The molecule has 0 bridgehead atoms. The highest BCUT2D eigenvalue weighted by molar-refractivity contribution is 6.25. The molecule has 0 atom stereocenters. The van der Waals surface area contributed by atoms with Gasteiger partial charge in [-0.25, -0.2) is 0 Å². The summed E-state index contributed by atoms with van der Waals surface area (Å²) in [5.74, 6) is -0.0242. The third-order valence-corrected chi connectivity index (χ3v) is 3.46. The summed E-state index contributed by atoms with van der Waals surface area (Å²) >= 11 is 5.44. The molecule has 2 rings (SSSR count). The Balaban J connectivity index is 2.15. The van der Waals surface area contributed by atoms with Crippen molar-refractivity contribution in [2.24, 2.45) is 0 Å². The molecule has 88 valence electrons. The van der Waals surface area contributed by atoms with Crippen LogP contribution in [-0.2, 0) is 9.59 Å². The van der Waals surface area contributed by atoms with Crippen LogP contribution in [0.4, 0.5) is 0 Å². The molecule has 1 saturated heterocycles. The molecule has 1 aliphatic carbocycles. The summed E-state index contributed by atoms with van der Waals surface area (Å²) in [5, 5.41) is 2.86. The van der Waals surface area contributed by atoms with Crippen LogP contribution in [0.15, 0.2) is 11.6 Å². The quantitative estimate of drug-likeness (QED) is 0.786. The summed E-state index contributed by atoms with van der Waals surface area (Å²) in [7, 11) is 0. The van der Waals surface area contributed by atoms with E-state index in [2.05, 4.69) is 5.32 Å². The fourth-order valence-corrected chi connectivity index (χ4v) is 2.62. The van der Waals surface area contributed by atoms with Crippen molar-refractivity contribution in [2.75, 3.05) is 13.1 Å². The molecule has 1 spiro atoms. The molecule has 4 nitrogen and oxygen atoms in total. The number of halogens is 1. The maximum Gasteiger partial charge on any atom is 0.249 e. The van der Waals surface area contributed by atoms with Gasteiger partial charge in [-0.3, -0.25) is 9.59 Å². The smallest absolute Gasteiger partial charge is 0.249 e. The van der Waals surface area contributed by atoms with Gasteiger partial charge in [-0.05, 0) is 12.8 Å². The van der Waals surface area contributed by atoms with Crippen LogP contribution in [0.5, 0.6) is 0 Å². The first kappa shape index (κ1) is 11.5. The average molecular weight is 243 g/mol. The molecule has 1 heterocycles. The summed E-state index contributed by atoms with van der Waals surface area (Å²) < 4.78 is 0. The first-order valence-corrected chi connectivity index (χ1v) is 5.97. The van der Waals surface area contributed by atoms with Crippen molar-refractivity contribution >= 4 is 23.4 Å². The van der Waals surface area contributed by atoms with Crippen LogP contribution >= 0.6 is 11.6 Å². The maximum absolute atomic E-state index is 12.2. The largest absolute Gasteiger partial charge is 0.340 e. The van der Waals surface area contributed by atoms with Gasteiger partial charge in [0, 0.05) is 12.1 Å². The molecule has 16 heavy (non-hydrogen) atoms. The number of nitrogens with zero attached hydrogens (tertiary/aromatic N) is 1. The molecular weight excluding hydrogens is 228 g/mol. The molecule has 0 aromatic heterocycles. The molecule has 1 aliphatic heterocycles. The Hall–Kier alpha value is -1.03. The topological polar surface area (TPSA) is 49.4 Å². The van der Waals surface area contributed by atoms with E-state index in [9.17, 15) is 9.59 Å². The SMILES string of the molecule is O=C1CN(C/C=C/Cl)C(=O)C2(CCCC2)N1. The van der Waals surface area contributed by atoms with E-state index >= 15 is 0 Å². The highest BCUT2D eigenvalue weighted by Crippen LogP contribution is 2.33. The molecule has 0 aromatic rings. The van der Waals surface area contributed by atoms with Gasteiger partial charge in [-0.1, -0.05) is 30.5 Å². The van der Waals surface area contributed by atoms with Crippen molar-refractivity contribution in [1.29, 1.82) is 0 Å². The lowest BCUT2D eigenvalue weighted by atomic mass is 9.93. The molecule has 1 saturated carbocycles. The summed E-state index contributed by atoms with van der Waals surface area (Å²) in [4.78, 5) is 25.4. The summed E-state index contributed by atoms with van der Waals surface area (Å²) in [6.07, 6.45) is 5.22. The molecule has 1 N–H and O–H groups in total. The van der Waals surface area contributed by atoms with Crippen molar-refractivity contribution in [3.05, 3.63) is 11.6 Å². The lowest BCUT2D eigenvalue weighted by molar-refractivity contribution is -0.149. The van der Waals surface area contributed by atoms with Crippen LogP contribution in [0.1, 0.15) is 25.7 Å². The number of nitrogens with one attached hydrogen (secondary N) is 1. The Kier molecular flexibility index (Phi) is 3.19. The molecule has 5 heteroatoms. The summed E-state index contributed by atoms with van der Waals surface area (Å²) in [5.41, 5.74) is 0.761. The van der Waals surface area contributed by atoms with E-state index in [0.717, 1.165) is 25.7 Å². The highest BCUT2D eigenvalue weighted by atomic mass is 35.5. The van der Waals surface area contributed by atoms with Gasteiger partial charge in [0.2, 0.25) is 11.8 Å². The van der Waals surface area contributed by atoms with Crippen LogP contribution < -0.4 is 5.32 Å². The number of hydrogen-bond acceptors (Lipinski definition) is 2. The van der Waals surface area contributed by atoms with Gasteiger partial charge in [-0.15, -0.1) is 0 Å². The molecule has 2 amide bonds. The number of hydrogen-bond donors (Lipinski definition) is 1. The molecule has 2 aliphatic rings. The van der Waals surface area contributed by atoms with E-state index in [1.54, 1.807) is 11.0 Å². The van der Waals surface area contributed by atoms with Crippen molar-refractivity contribution in [3.63, 3.8) is 0 Å². The molecule has 0 aromatic carbocycles. The highest BCUT2D eigenvalue weighted by Gasteiger charge is 2.47. The second-order valence-corrected chi connectivity index (χ2v) is 4.64. The number of carbonyl (C=O) groups excluding carboxylic acids is 2. The molecule has 0 radical (unpaired) electrons. The minimum absolute atomic E-state index is 0.0411. The molecule has 2 fully saturated rings. The average Bonchev–Trinajstić information content (AvgIpc) is 2.71. The lowest BCUT2D eigenvalue weighted by Crippen LogP contribution is -2.65. The zero-order valence-corrected chi connectivity index (χ0v) is 9.79. The normalized spacial score (nSPS) is 24.4. The van der Waals surface area contributed by atoms with Gasteiger partial charge < -0.3 is 10.2 Å². The predicted molar refractivity (Wildman–Crippen MR) is 60.9 cm³/mol. The van der Waals surface area contributed by atoms with Gasteiger partial charge in [0.05, 0.1) is 6.54 Å². The third-order valence-electron chi connectivity index (χ3n) is 3.28. The van der Waals surface area contributed by atoms with Gasteiger partial charge in [0.25, 0.3) is 0 Å². The van der Waals surface area contributed by atoms with E-state index in [0.29, 0.717) is 6.54 Å². The van der Waals surface area contributed by atoms with Crippen LogP contribution in [0.2, 0.25) is 0 Å². The zero-order valence-electron chi connectivity index (χ0n) is 9.04. The number of carbonyl (C=O) groups is 2. The summed E-state index contributed by atoms with van der Waals surface area (Å²) in [6, 6.07) is 0. The van der Waals surface area contributed by atoms with E-state index in [1.165, 1.54) is 5.54 Å². The van der Waals surface area contributed by atoms with E-state index in [4.69, 9.17) is 11.6 Å². The molecule has 0 unspecified atom stereocenters. The van der Waals surface area contributed by atoms with Crippen LogP contribution in [-0.4, -0.2) is 35.3 Å². The van der Waals surface area contributed by atoms with Gasteiger partial charge in [0.1, 0.15) is 5.54 Å². The standard InChI is InChI=1S/C11H15ClN2O2/c12-6-3-7-14-8-9(15)13-11(10(14)16)4-1-2-5-11/h3,6H,1-2,4-5,7-8H2,(H,13,15)/b6-3+.